The number of rotatable bonds is 21. The Balaban J connectivity index is 1.46. The van der Waals surface area contributed by atoms with E-state index >= 15 is 0 Å². The van der Waals surface area contributed by atoms with E-state index in [1.165, 1.54) is 7.11 Å². The van der Waals surface area contributed by atoms with Gasteiger partial charge in [-0.25, -0.2) is 4.79 Å². The van der Waals surface area contributed by atoms with Crippen molar-refractivity contribution in [2.75, 3.05) is 40.1 Å². The molecule has 0 saturated heterocycles. The highest BCUT2D eigenvalue weighted by Gasteiger charge is 2.65. The van der Waals surface area contributed by atoms with Crippen LogP contribution in [0.5, 0.6) is 23.0 Å². The van der Waals surface area contributed by atoms with E-state index < -0.39 is 23.8 Å². The van der Waals surface area contributed by atoms with Crippen LogP contribution in [0.15, 0.2) is 108 Å². The molecular weight excluding hydrogens is 801 g/mol. The number of hydrogen-bond donors (Lipinski definition) is 2. The smallest absolute Gasteiger partial charge is 0.410 e. The van der Waals surface area contributed by atoms with Gasteiger partial charge in [0.2, 0.25) is 5.79 Å². The number of aldehydes is 1. The molecule has 3 aliphatic rings. The van der Waals surface area contributed by atoms with Crippen molar-refractivity contribution in [3.05, 3.63) is 120 Å². The van der Waals surface area contributed by atoms with Crippen molar-refractivity contribution in [1.29, 1.82) is 0 Å². The van der Waals surface area contributed by atoms with Crippen LogP contribution in [0, 0.1) is 17.8 Å². The fourth-order valence-electron chi connectivity index (χ4n) is 9.98. The highest BCUT2D eigenvalue weighted by atomic mass is 16.7. The molecule has 1 fully saturated rings. The third kappa shape index (κ3) is 9.49. The first-order valence-corrected chi connectivity index (χ1v) is 22.3. The third-order valence-corrected chi connectivity index (χ3v) is 12.6. The van der Waals surface area contributed by atoms with Crippen molar-refractivity contribution in [2.45, 2.75) is 83.1 Å². The second-order valence-electron chi connectivity index (χ2n) is 16.3. The van der Waals surface area contributed by atoms with Gasteiger partial charge in [-0.05, 0) is 110 Å². The van der Waals surface area contributed by atoms with E-state index in [0.29, 0.717) is 53.7 Å². The Bertz CT molecular complexity index is 2290. The summed E-state index contributed by atoms with van der Waals surface area (Å²) in [6.45, 7) is 8.72. The minimum Gasteiger partial charge on any atom is -0.496 e. The zero-order valence-corrected chi connectivity index (χ0v) is 36.6. The fourth-order valence-corrected chi connectivity index (χ4v) is 9.98. The second-order valence-corrected chi connectivity index (χ2v) is 16.3. The van der Waals surface area contributed by atoms with Gasteiger partial charge >= 0.3 is 6.09 Å². The van der Waals surface area contributed by atoms with Crippen molar-refractivity contribution in [1.82, 2.24) is 4.90 Å². The van der Waals surface area contributed by atoms with Gasteiger partial charge in [0.25, 0.3) is 0 Å². The number of ether oxygens (including phenoxy) is 5. The summed E-state index contributed by atoms with van der Waals surface area (Å²) in [5.41, 5.74) is 3.82. The van der Waals surface area contributed by atoms with Gasteiger partial charge in [0.15, 0.2) is 6.29 Å². The SMILES string of the molecule is C=CCOC12Oc3ccc(Oc4ccc(OC)c(C=O)c4)cc3C3C(CCCCO)C(CCCCO)C=C(C(=NOCC)CC1N(Cc1cccc4ccccc14)C(=O)OCC)C32. The summed E-state index contributed by atoms with van der Waals surface area (Å²) in [4.78, 5) is 34.2. The maximum Gasteiger partial charge on any atom is 0.410 e. The molecule has 0 bridgehead atoms. The van der Waals surface area contributed by atoms with Crippen LogP contribution in [-0.4, -0.2) is 85.2 Å². The lowest BCUT2D eigenvalue weighted by molar-refractivity contribution is -0.256. The van der Waals surface area contributed by atoms with Crippen molar-refractivity contribution >= 4 is 28.9 Å². The minimum absolute atomic E-state index is 0.0115. The van der Waals surface area contributed by atoms with Gasteiger partial charge in [0.05, 0.1) is 44.1 Å². The van der Waals surface area contributed by atoms with Crippen LogP contribution in [-0.2, 0) is 20.9 Å². The maximum absolute atomic E-state index is 14.6. The van der Waals surface area contributed by atoms with Crippen LogP contribution in [0.3, 0.4) is 0 Å². The summed E-state index contributed by atoms with van der Waals surface area (Å²) in [5, 5.41) is 26.8. The number of aliphatic hydroxyl groups excluding tert-OH is 2. The van der Waals surface area contributed by atoms with Crippen LogP contribution in [0.2, 0.25) is 0 Å². The molecule has 4 aromatic carbocycles. The monoisotopic (exact) mass is 860 g/mol. The molecule has 1 saturated carbocycles. The fraction of sp³-hybridized carbons (Fsp3) is 0.431. The molecule has 6 unspecified atom stereocenters. The molecule has 12 nitrogen and oxygen atoms in total. The summed E-state index contributed by atoms with van der Waals surface area (Å²) >= 11 is 0. The van der Waals surface area contributed by atoms with Gasteiger partial charge < -0.3 is 38.7 Å². The van der Waals surface area contributed by atoms with Crippen LogP contribution in [0.1, 0.15) is 86.2 Å². The molecule has 4 aromatic rings. The van der Waals surface area contributed by atoms with Crippen molar-refractivity contribution in [3.63, 3.8) is 0 Å². The number of benzene rings is 4. The Kier molecular flexibility index (Phi) is 15.2. The lowest BCUT2D eigenvalue weighted by Gasteiger charge is -2.59. The Morgan fingerprint density at radius 2 is 1.71 bits per heavy atom. The van der Waals surface area contributed by atoms with Gasteiger partial charge in [-0.1, -0.05) is 72.6 Å². The van der Waals surface area contributed by atoms with Crippen LogP contribution >= 0.6 is 0 Å². The molecule has 6 atom stereocenters. The predicted octanol–water partition coefficient (Wildman–Crippen LogP) is 9.77. The van der Waals surface area contributed by atoms with Gasteiger partial charge in [-0.3, -0.25) is 9.69 Å². The number of hydrogen-bond acceptors (Lipinski definition) is 11. The largest absolute Gasteiger partial charge is 0.496 e. The number of unbranched alkanes of at least 4 members (excludes halogenated alkanes) is 2. The lowest BCUT2D eigenvalue weighted by atomic mass is 9.55. The van der Waals surface area contributed by atoms with E-state index in [2.05, 4.69) is 30.9 Å². The number of oxime groups is 1. The number of nitrogens with zero attached hydrogens (tertiary/aromatic N) is 2. The molecule has 1 amide bonds. The minimum atomic E-state index is -1.47. The lowest BCUT2D eigenvalue weighted by Crippen LogP contribution is -2.70. The summed E-state index contributed by atoms with van der Waals surface area (Å²) in [5.74, 6) is -0.151. The standard InChI is InChI=1S/C51H60N2O10/c1-5-27-60-51-47(53(50(57)59-6-2)32-36-18-14-17-34-15-8-9-19-40(34)36)31-44(52-61-7-3)42-29-35(16-10-12-25-54)41(20-11-13-26-55)48(49(42)51)43-30-39(22-24-46(43)63-51)62-38-21-23-45(58-4)37(28-38)33-56/h5,8-9,14-15,17-19,21-24,28-30,33,35,41,47-49,54-55H,1,6-7,10-13,16,20,25-27,31-32H2,2-4H3. The van der Waals surface area contributed by atoms with Crippen LogP contribution in [0.4, 0.5) is 4.79 Å². The quantitative estimate of drug-likeness (QED) is 0.0360. The molecule has 12 heteroatoms. The first-order chi connectivity index (χ1) is 30.8. The first kappa shape index (κ1) is 45.3. The highest BCUT2D eigenvalue weighted by molar-refractivity contribution is 6.03. The summed E-state index contributed by atoms with van der Waals surface area (Å²) in [6.07, 6.45) is 8.94. The van der Waals surface area contributed by atoms with E-state index in [9.17, 15) is 19.8 Å². The number of aliphatic hydroxyl groups is 2. The average molecular weight is 861 g/mol. The zero-order chi connectivity index (χ0) is 44.3. The second kappa shape index (κ2) is 21.1. The van der Waals surface area contributed by atoms with Gasteiger partial charge in [0, 0.05) is 31.1 Å². The molecule has 7 rings (SSSR count). The molecule has 1 heterocycles. The summed E-state index contributed by atoms with van der Waals surface area (Å²) in [7, 11) is 1.52. The van der Waals surface area contributed by atoms with E-state index in [0.717, 1.165) is 59.4 Å². The molecular formula is C51H60N2O10. The van der Waals surface area contributed by atoms with Crippen molar-refractivity contribution in [2.24, 2.45) is 22.9 Å². The number of amides is 1. The number of methoxy groups -OCH3 is 1. The average Bonchev–Trinajstić information content (AvgIpc) is 3.30. The van der Waals surface area contributed by atoms with Crippen molar-refractivity contribution in [3.8, 4) is 23.0 Å². The van der Waals surface area contributed by atoms with E-state index in [1.54, 1.807) is 36.1 Å². The number of carbonyl (C=O) groups excluding carboxylic acids is 2. The number of fused-ring (bicyclic) bond motifs is 3. The number of allylic oxidation sites excluding steroid dienone is 1. The first-order valence-electron chi connectivity index (χ1n) is 22.3. The zero-order valence-electron chi connectivity index (χ0n) is 36.6. The molecule has 63 heavy (non-hydrogen) atoms. The Hall–Kier alpha value is -5.69. The third-order valence-electron chi connectivity index (χ3n) is 12.6. The summed E-state index contributed by atoms with van der Waals surface area (Å²) < 4.78 is 32.3. The van der Waals surface area contributed by atoms with Crippen molar-refractivity contribution < 1.29 is 48.3 Å². The van der Waals surface area contributed by atoms with Crippen LogP contribution in [0.25, 0.3) is 10.8 Å². The van der Waals surface area contributed by atoms with E-state index in [4.69, 9.17) is 33.7 Å². The molecule has 2 aliphatic carbocycles. The molecule has 334 valence electrons. The van der Waals surface area contributed by atoms with Gasteiger partial charge in [0.1, 0.15) is 35.6 Å². The summed E-state index contributed by atoms with van der Waals surface area (Å²) in [6, 6.07) is 24.3. The molecule has 2 N–H and O–H groups in total. The van der Waals surface area contributed by atoms with Gasteiger partial charge in [-0.15, -0.1) is 6.58 Å². The van der Waals surface area contributed by atoms with Crippen LogP contribution < -0.4 is 14.2 Å². The maximum atomic E-state index is 14.6. The Morgan fingerprint density at radius 1 is 0.952 bits per heavy atom. The molecule has 0 aromatic heterocycles. The highest BCUT2D eigenvalue weighted by Crippen LogP contribution is 2.62. The predicted molar refractivity (Wildman–Crippen MR) is 242 cm³/mol. The van der Waals surface area contributed by atoms with E-state index in [1.807, 2.05) is 49.4 Å². The molecule has 0 radical (unpaired) electrons. The molecule has 1 aliphatic heterocycles. The molecule has 0 spiro atoms. The topological polar surface area (TPSA) is 146 Å². The Morgan fingerprint density at radius 3 is 2.46 bits per heavy atom. The van der Waals surface area contributed by atoms with Gasteiger partial charge in [-0.2, -0.15) is 0 Å². The normalized spacial score (nSPS) is 22.8. The Labute approximate surface area is 370 Å². The number of carbonyl (C=O) groups is 2. The van der Waals surface area contributed by atoms with E-state index in [-0.39, 0.29) is 57.1 Å².